The average Bonchev–Trinajstić information content (AvgIpc) is 2.17. The van der Waals surface area contributed by atoms with Gasteiger partial charge in [0, 0.05) is 13.2 Å². The van der Waals surface area contributed by atoms with Gasteiger partial charge in [0.1, 0.15) is 6.17 Å². The van der Waals surface area contributed by atoms with Gasteiger partial charge in [0.05, 0.1) is 5.41 Å². The number of halogens is 1. The van der Waals surface area contributed by atoms with Crippen LogP contribution in [0.25, 0.3) is 0 Å². The smallest absolute Gasteiger partial charge is 0.312 e. The van der Waals surface area contributed by atoms with Crippen LogP contribution in [0, 0.1) is 11.3 Å². The van der Waals surface area contributed by atoms with Crippen molar-refractivity contribution in [2.24, 2.45) is 11.3 Å². The SMILES string of the molecule is CC(C)(C(=O)O)C(F)C1CCOCC1. The number of hydrogen-bond donors (Lipinski definition) is 1. The van der Waals surface area contributed by atoms with E-state index in [-0.39, 0.29) is 5.92 Å². The lowest BCUT2D eigenvalue weighted by Crippen LogP contribution is -2.41. The first-order chi connectivity index (χ1) is 6.46. The molecule has 0 saturated carbocycles. The van der Waals surface area contributed by atoms with Crippen LogP contribution in [-0.2, 0) is 9.53 Å². The van der Waals surface area contributed by atoms with Crippen LogP contribution in [0.4, 0.5) is 4.39 Å². The Morgan fingerprint density at radius 1 is 1.50 bits per heavy atom. The van der Waals surface area contributed by atoms with Crippen LogP contribution in [-0.4, -0.2) is 30.5 Å². The summed E-state index contributed by atoms with van der Waals surface area (Å²) in [6, 6.07) is 0. The quantitative estimate of drug-likeness (QED) is 0.763. The Morgan fingerprint density at radius 3 is 2.43 bits per heavy atom. The molecule has 1 aliphatic heterocycles. The van der Waals surface area contributed by atoms with Gasteiger partial charge in [-0.1, -0.05) is 0 Å². The van der Waals surface area contributed by atoms with Crippen molar-refractivity contribution in [2.75, 3.05) is 13.2 Å². The summed E-state index contributed by atoms with van der Waals surface area (Å²) in [5.41, 5.74) is -1.29. The highest BCUT2D eigenvalue weighted by atomic mass is 19.1. The standard InChI is InChI=1S/C10H17FO3/c1-10(2,9(12)13)8(11)7-3-5-14-6-4-7/h7-8H,3-6H2,1-2H3,(H,12,13). The van der Waals surface area contributed by atoms with Crippen LogP contribution in [0.5, 0.6) is 0 Å². The van der Waals surface area contributed by atoms with Gasteiger partial charge in [0.15, 0.2) is 0 Å². The number of carboxylic acid groups (broad SMARTS) is 1. The van der Waals surface area contributed by atoms with Crippen molar-refractivity contribution in [3.8, 4) is 0 Å². The molecule has 1 fully saturated rings. The molecule has 1 atom stereocenters. The predicted molar refractivity (Wildman–Crippen MR) is 49.9 cm³/mol. The molecule has 1 unspecified atom stereocenters. The molecule has 1 rings (SSSR count). The lowest BCUT2D eigenvalue weighted by atomic mass is 9.78. The number of alkyl halides is 1. The average molecular weight is 204 g/mol. The summed E-state index contributed by atoms with van der Waals surface area (Å²) in [7, 11) is 0. The highest BCUT2D eigenvalue weighted by molar-refractivity contribution is 5.74. The minimum atomic E-state index is -1.29. The van der Waals surface area contributed by atoms with E-state index in [1.54, 1.807) is 0 Å². The van der Waals surface area contributed by atoms with Crippen molar-refractivity contribution >= 4 is 5.97 Å². The fraction of sp³-hybridized carbons (Fsp3) is 0.900. The summed E-state index contributed by atoms with van der Waals surface area (Å²) in [5, 5.41) is 8.87. The molecule has 0 aromatic heterocycles. The highest BCUT2D eigenvalue weighted by Crippen LogP contribution is 2.34. The van der Waals surface area contributed by atoms with Gasteiger partial charge in [0.25, 0.3) is 0 Å². The normalized spacial score (nSPS) is 21.9. The zero-order chi connectivity index (χ0) is 10.8. The van der Waals surface area contributed by atoms with Crippen molar-refractivity contribution in [1.29, 1.82) is 0 Å². The van der Waals surface area contributed by atoms with Crippen LogP contribution in [0.15, 0.2) is 0 Å². The molecular weight excluding hydrogens is 187 g/mol. The van der Waals surface area contributed by atoms with E-state index in [1.165, 1.54) is 13.8 Å². The van der Waals surface area contributed by atoms with Crippen LogP contribution in [0.2, 0.25) is 0 Å². The molecule has 82 valence electrons. The molecule has 1 heterocycles. The molecule has 0 aliphatic carbocycles. The van der Waals surface area contributed by atoms with Crippen LogP contribution in [0.3, 0.4) is 0 Å². The van der Waals surface area contributed by atoms with E-state index < -0.39 is 17.6 Å². The third-order valence-electron chi connectivity index (χ3n) is 2.92. The summed E-state index contributed by atoms with van der Waals surface area (Å²) in [6.45, 7) is 3.96. The molecule has 0 bridgehead atoms. The van der Waals surface area contributed by atoms with Crippen LogP contribution < -0.4 is 0 Å². The Balaban J connectivity index is 2.62. The van der Waals surface area contributed by atoms with Crippen molar-refractivity contribution in [1.82, 2.24) is 0 Å². The van der Waals surface area contributed by atoms with E-state index in [9.17, 15) is 9.18 Å². The molecule has 1 saturated heterocycles. The molecular formula is C10H17FO3. The fourth-order valence-corrected chi connectivity index (χ4v) is 1.72. The van der Waals surface area contributed by atoms with Crippen LogP contribution in [0.1, 0.15) is 26.7 Å². The second-order valence-electron chi connectivity index (χ2n) is 4.38. The summed E-state index contributed by atoms with van der Waals surface area (Å²) in [5.74, 6) is -1.24. The van der Waals surface area contributed by atoms with E-state index in [2.05, 4.69) is 0 Å². The number of carbonyl (C=O) groups is 1. The van der Waals surface area contributed by atoms with Gasteiger partial charge >= 0.3 is 5.97 Å². The summed E-state index contributed by atoms with van der Waals surface area (Å²) >= 11 is 0. The topological polar surface area (TPSA) is 46.5 Å². The first-order valence-electron chi connectivity index (χ1n) is 4.91. The van der Waals surface area contributed by atoms with Crippen molar-refractivity contribution in [3.63, 3.8) is 0 Å². The monoisotopic (exact) mass is 204 g/mol. The molecule has 0 aromatic rings. The molecule has 3 nitrogen and oxygen atoms in total. The maximum atomic E-state index is 13.9. The number of rotatable bonds is 3. The number of hydrogen-bond acceptors (Lipinski definition) is 2. The van der Waals surface area contributed by atoms with Gasteiger partial charge in [-0.05, 0) is 32.6 Å². The number of carboxylic acids is 1. The molecule has 14 heavy (non-hydrogen) atoms. The molecule has 0 spiro atoms. The Hall–Kier alpha value is -0.640. The van der Waals surface area contributed by atoms with E-state index in [0.29, 0.717) is 26.1 Å². The summed E-state index contributed by atoms with van der Waals surface area (Å²) < 4.78 is 19.0. The van der Waals surface area contributed by atoms with Gasteiger partial charge in [0.2, 0.25) is 0 Å². The second kappa shape index (κ2) is 4.26. The summed E-state index contributed by atoms with van der Waals surface area (Å²) in [6.07, 6.45) is -0.0423. The molecule has 0 aromatic carbocycles. The Kier molecular flexibility index (Phi) is 3.48. The van der Waals surface area contributed by atoms with Crippen molar-refractivity contribution < 1.29 is 19.0 Å². The van der Waals surface area contributed by atoms with Gasteiger partial charge in [-0.2, -0.15) is 0 Å². The first-order valence-corrected chi connectivity index (χ1v) is 4.91. The minimum Gasteiger partial charge on any atom is -0.481 e. The number of aliphatic carboxylic acids is 1. The van der Waals surface area contributed by atoms with E-state index in [1.807, 2.05) is 0 Å². The van der Waals surface area contributed by atoms with Gasteiger partial charge in [-0.25, -0.2) is 4.39 Å². The third-order valence-corrected chi connectivity index (χ3v) is 2.92. The largest absolute Gasteiger partial charge is 0.481 e. The second-order valence-corrected chi connectivity index (χ2v) is 4.38. The lowest BCUT2D eigenvalue weighted by Gasteiger charge is -2.32. The highest BCUT2D eigenvalue weighted by Gasteiger charge is 2.42. The maximum absolute atomic E-state index is 13.9. The molecule has 1 N–H and O–H groups in total. The Bertz CT molecular complexity index is 209. The molecule has 0 amide bonds. The minimum absolute atomic E-state index is 0.171. The Morgan fingerprint density at radius 2 is 2.00 bits per heavy atom. The molecule has 1 aliphatic rings. The van der Waals surface area contributed by atoms with Gasteiger partial charge in [-0.15, -0.1) is 0 Å². The van der Waals surface area contributed by atoms with E-state index >= 15 is 0 Å². The molecule has 0 radical (unpaired) electrons. The number of ether oxygens (including phenoxy) is 1. The zero-order valence-corrected chi connectivity index (χ0v) is 8.62. The van der Waals surface area contributed by atoms with Gasteiger partial charge < -0.3 is 9.84 Å². The predicted octanol–water partition coefficient (Wildman–Crippen LogP) is 1.86. The fourth-order valence-electron chi connectivity index (χ4n) is 1.72. The van der Waals surface area contributed by atoms with Gasteiger partial charge in [-0.3, -0.25) is 4.79 Å². The molecule has 4 heteroatoms. The van der Waals surface area contributed by atoms with Crippen molar-refractivity contribution in [3.05, 3.63) is 0 Å². The van der Waals surface area contributed by atoms with Crippen LogP contribution >= 0.6 is 0 Å². The Labute approximate surface area is 83.3 Å². The summed E-state index contributed by atoms with van der Waals surface area (Å²) in [4.78, 5) is 10.8. The van der Waals surface area contributed by atoms with Crippen molar-refractivity contribution in [2.45, 2.75) is 32.9 Å². The zero-order valence-electron chi connectivity index (χ0n) is 8.62. The maximum Gasteiger partial charge on any atom is 0.312 e. The lowest BCUT2D eigenvalue weighted by molar-refractivity contribution is -0.153. The third kappa shape index (κ3) is 2.23. The van der Waals surface area contributed by atoms with E-state index in [4.69, 9.17) is 9.84 Å². The van der Waals surface area contributed by atoms with E-state index in [0.717, 1.165) is 0 Å². The first kappa shape index (κ1) is 11.4.